The first kappa shape index (κ1) is 26.7. The van der Waals surface area contributed by atoms with Gasteiger partial charge < -0.3 is 10.2 Å². The lowest BCUT2D eigenvalue weighted by Gasteiger charge is -2.32. The van der Waals surface area contributed by atoms with Gasteiger partial charge in [0.2, 0.25) is 21.8 Å². The molecule has 2 amide bonds. The summed E-state index contributed by atoms with van der Waals surface area (Å²) in [7, 11) is -3.81. The molecule has 0 radical (unpaired) electrons. The highest BCUT2D eigenvalue weighted by atomic mass is 35.5. The van der Waals surface area contributed by atoms with Crippen LogP contribution < -0.4 is 9.62 Å². The molecule has 0 aliphatic carbocycles. The van der Waals surface area contributed by atoms with Crippen molar-refractivity contribution in [2.75, 3.05) is 17.1 Å². The van der Waals surface area contributed by atoms with Gasteiger partial charge in [0, 0.05) is 17.6 Å². The van der Waals surface area contributed by atoms with Gasteiger partial charge in [-0.1, -0.05) is 41.9 Å². The molecule has 0 saturated heterocycles. The predicted molar refractivity (Wildman–Crippen MR) is 133 cm³/mol. The lowest BCUT2D eigenvalue weighted by molar-refractivity contribution is -0.139. The Hall–Kier alpha value is -2.58. The molecule has 0 spiro atoms. The number of hydrogen-bond donors (Lipinski definition) is 1. The van der Waals surface area contributed by atoms with Crippen LogP contribution in [0.4, 0.5) is 5.69 Å². The van der Waals surface area contributed by atoms with E-state index >= 15 is 0 Å². The number of benzene rings is 2. The Morgan fingerprint density at radius 1 is 1.03 bits per heavy atom. The minimum absolute atomic E-state index is 0.100. The third-order valence-corrected chi connectivity index (χ3v) is 6.92. The van der Waals surface area contributed by atoms with Gasteiger partial charge in [0.15, 0.2) is 0 Å². The monoisotopic (exact) mass is 493 g/mol. The molecular formula is C24H32ClN3O4S. The largest absolute Gasteiger partial charge is 0.352 e. The van der Waals surface area contributed by atoms with Gasteiger partial charge in [0.05, 0.1) is 11.9 Å². The second-order valence-electron chi connectivity index (χ2n) is 8.44. The predicted octanol–water partition coefficient (Wildman–Crippen LogP) is 3.66. The number of rotatable bonds is 9. The van der Waals surface area contributed by atoms with Crippen molar-refractivity contribution in [2.24, 2.45) is 0 Å². The Balaban J connectivity index is 2.45. The van der Waals surface area contributed by atoms with Crippen LogP contribution in [0.1, 0.15) is 37.5 Å². The topological polar surface area (TPSA) is 86.8 Å². The fourth-order valence-corrected chi connectivity index (χ4v) is 4.49. The van der Waals surface area contributed by atoms with E-state index < -0.39 is 28.5 Å². The molecule has 2 aromatic carbocycles. The molecular weight excluding hydrogens is 462 g/mol. The number of anilines is 1. The molecule has 0 saturated carbocycles. The summed E-state index contributed by atoms with van der Waals surface area (Å²) >= 11 is 6.20. The molecule has 0 aliphatic heterocycles. The number of aryl methyl sites for hydroxylation is 1. The van der Waals surface area contributed by atoms with Crippen LogP contribution >= 0.6 is 11.6 Å². The quantitative estimate of drug-likeness (QED) is 0.577. The third kappa shape index (κ3) is 6.95. The van der Waals surface area contributed by atoms with Crippen molar-refractivity contribution < 1.29 is 18.0 Å². The zero-order valence-electron chi connectivity index (χ0n) is 19.9. The summed E-state index contributed by atoms with van der Waals surface area (Å²) in [4.78, 5) is 27.7. The minimum atomic E-state index is -3.81. The van der Waals surface area contributed by atoms with Crippen LogP contribution in [0.25, 0.3) is 0 Å². The molecule has 180 valence electrons. The van der Waals surface area contributed by atoms with Crippen LogP contribution in [0.15, 0.2) is 42.5 Å². The number of hydrogen-bond acceptors (Lipinski definition) is 4. The number of nitrogens with zero attached hydrogens (tertiary/aromatic N) is 2. The van der Waals surface area contributed by atoms with Gasteiger partial charge in [-0.2, -0.15) is 0 Å². The zero-order valence-corrected chi connectivity index (χ0v) is 21.5. The average Bonchev–Trinajstić information content (AvgIpc) is 2.71. The Morgan fingerprint density at radius 3 is 2.24 bits per heavy atom. The van der Waals surface area contributed by atoms with Gasteiger partial charge in [-0.15, -0.1) is 0 Å². The smallest absolute Gasteiger partial charge is 0.244 e. The van der Waals surface area contributed by atoms with E-state index in [1.54, 1.807) is 32.0 Å². The lowest BCUT2D eigenvalue weighted by atomic mass is 10.1. The van der Waals surface area contributed by atoms with Crippen LogP contribution in [0, 0.1) is 13.8 Å². The second kappa shape index (κ2) is 11.0. The Kier molecular flexibility index (Phi) is 8.91. The van der Waals surface area contributed by atoms with Gasteiger partial charge >= 0.3 is 0 Å². The highest BCUT2D eigenvalue weighted by Crippen LogP contribution is 2.28. The van der Waals surface area contributed by atoms with E-state index in [1.807, 2.05) is 45.0 Å². The van der Waals surface area contributed by atoms with Crippen molar-refractivity contribution in [1.29, 1.82) is 0 Å². The summed E-state index contributed by atoms with van der Waals surface area (Å²) in [5.41, 5.74) is 2.72. The number of halogens is 1. The summed E-state index contributed by atoms with van der Waals surface area (Å²) in [6.07, 6.45) is 1.04. The van der Waals surface area contributed by atoms with Crippen molar-refractivity contribution in [3.63, 3.8) is 0 Å². The summed E-state index contributed by atoms with van der Waals surface area (Å²) in [5.74, 6) is -0.800. The lowest BCUT2D eigenvalue weighted by Crippen LogP contribution is -2.52. The normalized spacial score (nSPS) is 12.4. The number of carbonyl (C=O) groups is 2. The second-order valence-corrected chi connectivity index (χ2v) is 10.8. The van der Waals surface area contributed by atoms with Crippen molar-refractivity contribution >= 4 is 39.1 Å². The average molecular weight is 494 g/mol. The SMILES string of the molecule is Cc1ccccc1CN(C(=O)CN(c1cccc(Cl)c1C)S(C)(=O)=O)[C@H](C)C(=O)NC(C)C. The van der Waals surface area contributed by atoms with Gasteiger partial charge in [-0.05, 0) is 63.4 Å². The molecule has 0 aromatic heterocycles. The Bertz CT molecular complexity index is 1120. The van der Waals surface area contributed by atoms with Crippen molar-refractivity contribution in [2.45, 2.75) is 53.2 Å². The van der Waals surface area contributed by atoms with Gasteiger partial charge in [-0.3, -0.25) is 13.9 Å². The molecule has 0 aliphatic rings. The van der Waals surface area contributed by atoms with Crippen molar-refractivity contribution in [1.82, 2.24) is 10.2 Å². The van der Waals surface area contributed by atoms with E-state index in [4.69, 9.17) is 11.6 Å². The van der Waals surface area contributed by atoms with E-state index in [1.165, 1.54) is 4.90 Å². The van der Waals surface area contributed by atoms with Crippen molar-refractivity contribution in [3.05, 3.63) is 64.2 Å². The summed E-state index contributed by atoms with van der Waals surface area (Å²) in [6.45, 7) is 8.66. The fourth-order valence-electron chi connectivity index (χ4n) is 3.42. The van der Waals surface area contributed by atoms with Gasteiger partial charge in [0.1, 0.15) is 12.6 Å². The van der Waals surface area contributed by atoms with Crippen LogP contribution in [0.3, 0.4) is 0 Å². The zero-order chi connectivity index (χ0) is 24.9. The Morgan fingerprint density at radius 2 is 1.67 bits per heavy atom. The van der Waals surface area contributed by atoms with Crippen molar-refractivity contribution in [3.8, 4) is 0 Å². The molecule has 0 heterocycles. The first-order valence-corrected chi connectivity index (χ1v) is 12.9. The summed E-state index contributed by atoms with van der Waals surface area (Å²) < 4.78 is 26.3. The first-order valence-electron chi connectivity index (χ1n) is 10.7. The van der Waals surface area contributed by atoms with E-state index in [0.717, 1.165) is 21.7 Å². The molecule has 2 rings (SSSR count). The van der Waals surface area contributed by atoms with E-state index in [2.05, 4.69) is 5.32 Å². The maximum absolute atomic E-state index is 13.5. The van der Waals surface area contributed by atoms with Crippen LogP contribution in [0.5, 0.6) is 0 Å². The highest BCUT2D eigenvalue weighted by Gasteiger charge is 2.31. The first-order chi connectivity index (χ1) is 15.3. The van der Waals surface area contributed by atoms with E-state index in [0.29, 0.717) is 16.3 Å². The standard InChI is InChI=1S/C24H32ClN3O4S/c1-16(2)26-24(30)19(5)27(14-20-11-8-7-10-17(20)3)23(29)15-28(33(6,31)32)22-13-9-12-21(25)18(22)4/h7-13,16,19H,14-15H2,1-6H3,(H,26,30)/t19-/m1/s1. The molecule has 2 aromatic rings. The van der Waals surface area contributed by atoms with E-state index in [-0.39, 0.29) is 18.5 Å². The van der Waals surface area contributed by atoms with E-state index in [9.17, 15) is 18.0 Å². The minimum Gasteiger partial charge on any atom is -0.352 e. The molecule has 9 heteroatoms. The van der Waals surface area contributed by atoms with Crippen LogP contribution in [-0.2, 0) is 26.2 Å². The highest BCUT2D eigenvalue weighted by molar-refractivity contribution is 7.92. The summed E-state index contributed by atoms with van der Waals surface area (Å²) in [5, 5.41) is 3.23. The maximum Gasteiger partial charge on any atom is 0.244 e. The molecule has 0 bridgehead atoms. The van der Waals surface area contributed by atoms with Crippen LogP contribution in [0.2, 0.25) is 5.02 Å². The molecule has 0 fully saturated rings. The molecule has 1 N–H and O–H groups in total. The van der Waals surface area contributed by atoms with Crippen LogP contribution in [-0.4, -0.2) is 50.0 Å². The van der Waals surface area contributed by atoms with Gasteiger partial charge in [-0.25, -0.2) is 8.42 Å². The number of nitrogens with one attached hydrogen (secondary N) is 1. The summed E-state index contributed by atoms with van der Waals surface area (Å²) in [6, 6.07) is 11.6. The van der Waals surface area contributed by atoms with Gasteiger partial charge in [0.25, 0.3) is 0 Å². The maximum atomic E-state index is 13.5. The molecule has 0 unspecified atom stereocenters. The Labute approximate surface area is 201 Å². The number of amides is 2. The third-order valence-electron chi connectivity index (χ3n) is 5.39. The fraction of sp³-hybridized carbons (Fsp3) is 0.417. The number of sulfonamides is 1. The molecule has 33 heavy (non-hydrogen) atoms. The molecule has 1 atom stereocenters. The molecule has 7 nitrogen and oxygen atoms in total. The number of carbonyl (C=O) groups excluding carboxylic acids is 2.